The second-order valence-electron chi connectivity index (χ2n) is 5.50. The molecule has 3 rings (SSSR count). The summed E-state index contributed by atoms with van der Waals surface area (Å²) in [5, 5.41) is 10.6. The molecule has 3 aromatic rings. The van der Waals surface area contributed by atoms with E-state index < -0.39 is 5.25 Å². The normalized spacial score (nSPS) is 11.8. The third-order valence-corrected chi connectivity index (χ3v) is 4.45. The maximum absolute atomic E-state index is 12.4. The Morgan fingerprint density at radius 1 is 1.15 bits per heavy atom. The largest absolute Gasteiger partial charge is 0.411 e. The Bertz CT molecular complexity index is 927. The molecule has 1 atom stereocenters. The molecule has 0 radical (unpaired) electrons. The number of carbonyl (C=O) groups is 2. The zero-order valence-electron chi connectivity index (χ0n) is 14.2. The molecule has 2 heterocycles. The molecular formula is C18H16N4O3S. The van der Waals surface area contributed by atoms with E-state index in [1.165, 1.54) is 6.92 Å². The molecule has 1 amide bonds. The standard InChI is InChI=1S/C18H16N4O3S/c1-11(23)14-4-3-5-15(10-14)20-16(24)12(2)26-18-22-21-17(25-18)13-6-8-19-9-7-13/h3-10,12H,1-2H3,(H,20,24). The molecule has 1 N–H and O–H groups in total. The first-order valence-corrected chi connectivity index (χ1v) is 8.73. The Morgan fingerprint density at radius 3 is 2.65 bits per heavy atom. The lowest BCUT2D eigenvalue weighted by atomic mass is 10.1. The lowest BCUT2D eigenvalue weighted by molar-refractivity contribution is -0.115. The van der Waals surface area contributed by atoms with Gasteiger partial charge < -0.3 is 9.73 Å². The van der Waals surface area contributed by atoms with Crippen molar-refractivity contribution in [1.82, 2.24) is 15.2 Å². The topological polar surface area (TPSA) is 98.0 Å². The summed E-state index contributed by atoms with van der Waals surface area (Å²) in [5.74, 6) is 0.0917. The molecule has 0 saturated carbocycles. The molecule has 8 heteroatoms. The van der Waals surface area contributed by atoms with Gasteiger partial charge in [-0.1, -0.05) is 23.9 Å². The van der Waals surface area contributed by atoms with E-state index in [-0.39, 0.29) is 11.7 Å². The van der Waals surface area contributed by atoms with Crippen LogP contribution in [0.3, 0.4) is 0 Å². The molecule has 7 nitrogen and oxygen atoms in total. The molecule has 0 saturated heterocycles. The first-order chi connectivity index (χ1) is 12.5. The fourth-order valence-electron chi connectivity index (χ4n) is 2.13. The maximum Gasteiger partial charge on any atom is 0.277 e. The highest BCUT2D eigenvalue weighted by Gasteiger charge is 2.19. The fraction of sp³-hybridized carbons (Fsp3) is 0.167. The fourth-order valence-corrected chi connectivity index (χ4v) is 2.82. The van der Waals surface area contributed by atoms with Crippen LogP contribution in [-0.4, -0.2) is 32.1 Å². The smallest absolute Gasteiger partial charge is 0.277 e. The van der Waals surface area contributed by atoms with E-state index in [1.807, 2.05) is 0 Å². The summed E-state index contributed by atoms with van der Waals surface area (Å²) in [4.78, 5) is 27.7. The molecule has 0 bridgehead atoms. The van der Waals surface area contributed by atoms with Crippen LogP contribution in [-0.2, 0) is 4.79 Å². The summed E-state index contributed by atoms with van der Waals surface area (Å²) in [6.07, 6.45) is 3.27. The summed E-state index contributed by atoms with van der Waals surface area (Å²) >= 11 is 1.16. The number of nitrogens with zero attached hydrogens (tertiary/aromatic N) is 3. The number of benzene rings is 1. The number of hydrogen-bond donors (Lipinski definition) is 1. The summed E-state index contributed by atoms with van der Waals surface area (Å²) in [5.41, 5.74) is 1.87. The van der Waals surface area contributed by atoms with E-state index in [0.717, 1.165) is 17.3 Å². The molecule has 0 spiro atoms. The highest BCUT2D eigenvalue weighted by Crippen LogP contribution is 2.26. The molecule has 0 aliphatic rings. The summed E-state index contributed by atoms with van der Waals surface area (Å²) in [6, 6.07) is 10.3. The Labute approximate surface area is 154 Å². The van der Waals surface area contributed by atoms with Crippen molar-refractivity contribution >= 4 is 29.1 Å². The average molecular weight is 368 g/mol. The first-order valence-electron chi connectivity index (χ1n) is 7.85. The summed E-state index contributed by atoms with van der Waals surface area (Å²) in [7, 11) is 0. The number of nitrogens with one attached hydrogen (secondary N) is 1. The van der Waals surface area contributed by atoms with Crippen molar-refractivity contribution in [2.45, 2.75) is 24.3 Å². The predicted molar refractivity (Wildman–Crippen MR) is 97.9 cm³/mol. The van der Waals surface area contributed by atoms with Crippen LogP contribution in [0.1, 0.15) is 24.2 Å². The van der Waals surface area contributed by atoms with Gasteiger partial charge in [0, 0.05) is 29.2 Å². The Kier molecular flexibility index (Phi) is 5.43. The van der Waals surface area contributed by atoms with Crippen molar-refractivity contribution in [2.75, 3.05) is 5.32 Å². The molecule has 132 valence electrons. The highest BCUT2D eigenvalue weighted by atomic mass is 32.2. The minimum atomic E-state index is -0.457. The van der Waals surface area contributed by atoms with Gasteiger partial charge in [0.25, 0.3) is 5.22 Å². The molecule has 0 aliphatic carbocycles. The van der Waals surface area contributed by atoms with E-state index in [2.05, 4.69) is 20.5 Å². The third kappa shape index (κ3) is 4.34. The van der Waals surface area contributed by atoms with Gasteiger partial charge in [-0.15, -0.1) is 10.2 Å². The number of aromatic nitrogens is 3. The van der Waals surface area contributed by atoms with Crippen LogP contribution in [0, 0.1) is 0 Å². The minimum absolute atomic E-state index is 0.0574. The number of amides is 1. The SMILES string of the molecule is CC(=O)c1cccc(NC(=O)C(C)Sc2nnc(-c3ccncc3)o2)c1. The van der Waals surface area contributed by atoms with E-state index >= 15 is 0 Å². The monoisotopic (exact) mass is 368 g/mol. The van der Waals surface area contributed by atoms with Gasteiger partial charge in [0.1, 0.15) is 0 Å². The van der Waals surface area contributed by atoms with Gasteiger partial charge in [-0.05, 0) is 38.1 Å². The van der Waals surface area contributed by atoms with Crippen LogP contribution in [0.4, 0.5) is 5.69 Å². The molecule has 1 aromatic carbocycles. The predicted octanol–water partition coefficient (Wildman–Crippen LogP) is 3.45. The van der Waals surface area contributed by atoms with E-state index in [0.29, 0.717) is 22.4 Å². The maximum atomic E-state index is 12.4. The number of anilines is 1. The summed E-state index contributed by atoms with van der Waals surface area (Å²) in [6.45, 7) is 3.22. The molecule has 0 fully saturated rings. The first kappa shape index (κ1) is 17.8. The lowest BCUT2D eigenvalue weighted by Crippen LogP contribution is -2.22. The number of pyridine rings is 1. The lowest BCUT2D eigenvalue weighted by Gasteiger charge is -2.10. The van der Waals surface area contributed by atoms with Gasteiger partial charge in [0.15, 0.2) is 5.78 Å². The number of Topliss-reactive ketones (excluding diaryl/α,β-unsaturated/α-hetero) is 1. The van der Waals surface area contributed by atoms with Gasteiger partial charge in [-0.2, -0.15) is 0 Å². The van der Waals surface area contributed by atoms with Gasteiger partial charge in [-0.3, -0.25) is 14.6 Å². The van der Waals surface area contributed by atoms with Gasteiger partial charge in [-0.25, -0.2) is 0 Å². The molecular weight excluding hydrogens is 352 g/mol. The zero-order chi connectivity index (χ0) is 18.5. The number of ketones is 1. The van der Waals surface area contributed by atoms with Crippen molar-refractivity contribution in [1.29, 1.82) is 0 Å². The van der Waals surface area contributed by atoms with Crippen LogP contribution in [0.15, 0.2) is 58.4 Å². The second-order valence-corrected chi connectivity index (χ2v) is 6.79. The van der Waals surface area contributed by atoms with Crippen LogP contribution >= 0.6 is 11.8 Å². The van der Waals surface area contributed by atoms with E-state index in [1.54, 1.807) is 55.7 Å². The van der Waals surface area contributed by atoms with Crippen molar-refractivity contribution in [2.24, 2.45) is 0 Å². The van der Waals surface area contributed by atoms with Gasteiger partial charge in [0.05, 0.1) is 5.25 Å². The van der Waals surface area contributed by atoms with E-state index in [4.69, 9.17) is 4.42 Å². The number of hydrogen-bond acceptors (Lipinski definition) is 7. The second kappa shape index (κ2) is 7.92. The Balaban J connectivity index is 1.64. The van der Waals surface area contributed by atoms with Crippen LogP contribution in [0.5, 0.6) is 0 Å². The molecule has 1 unspecified atom stereocenters. The van der Waals surface area contributed by atoms with Gasteiger partial charge >= 0.3 is 0 Å². The molecule has 0 aliphatic heterocycles. The van der Waals surface area contributed by atoms with E-state index in [9.17, 15) is 9.59 Å². The summed E-state index contributed by atoms with van der Waals surface area (Å²) < 4.78 is 5.58. The number of carbonyl (C=O) groups excluding carboxylic acids is 2. The molecule has 26 heavy (non-hydrogen) atoms. The van der Waals surface area contributed by atoms with Crippen molar-refractivity contribution in [3.8, 4) is 11.5 Å². The highest BCUT2D eigenvalue weighted by molar-refractivity contribution is 8.00. The average Bonchev–Trinajstić information content (AvgIpc) is 3.11. The van der Waals surface area contributed by atoms with Gasteiger partial charge in [0.2, 0.25) is 11.8 Å². The quantitative estimate of drug-likeness (QED) is 0.525. The molecule has 2 aromatic heterocycles. The third-order valence-electron chi connectivity index (χ3n) is 3.52. The van der Waals surface area contributed by atoms with Crippen molar-refractivity contribution in [3.05, 3.63) is 54.4 Å². The number of thioether (sulfide) groups is 1. The van der Waals surface area contributed by atoms with Crippen LogP contribution in [0.25, 0.3) is 11.5 Å². The number of rotatable bonds is 6. The Hall–Kier alpha value is -3.00. The Morgan fingerprint density at radius 2 is 1.92 bits per heavy atom. The van der Waals surface area contributed by atoms with Crippen LogP contribution < -0.4 is 5.32 Å². The zero-order valence-corrected chi connectivity index (χ0v) is 15.0. The van der Waals surface area contributed by atoms with Crippen molar-refractivity contribution in [3.63, 3.8) is 0 Å². The van der Waals surface area contributed by atoms with Crippen molar-refractivity contribution < 1.29 is 14.0 Å². The van der Waals surface area contributed by atoms with Crippen LogP contribution in [0.2, 0.25) is 0 Å². The minimum Gasteiger partial charge on any atom is -0.411 e.